The van der Waals surface area contributed by atoms with Gasteiger partial charge < -0.3 is 14.0 Å². The molecule has 1 aliphatic rings. The van der Waals surface area contributed by atoms with Crippen LogP contribution in [0.4, 0.5) is 0 Å². The van der Waals surface area contributed by atoms with Crippen molar-refractivity contribution in [2.45, 2.75) is 58.5 Å². The molecule has 3 nitrogen and oxygen atoms in total. The number of hydrogen-bond donors (Lipinski definition) is 0. The molecule has 2 heterocycles. The van der Waals surface area contributed by atoms with Crippen molar-refractivity contribution in [1.29, 1.82) is 0 Å². The summed E-state index contributed by atoms with van der Waals surface area (Å²) < 4.78 is 13.9. The molecule has 0 N–H and O–H groups in total. The third kappa shape index (κ3) is 2.83. The molecule has 1 saturated heterocycles. The van der Waals surface area contributed by atoms with Crippen LogP contribution in [0, 0.1) is 0 Å². The highest BCUT2D eigenvalue weighted by atomic mass is 16.5. The largest absolute Gasteiger partial charge is 0.491 e. The summed E-state index contributed by atoms with van der Waals surface area (Å²) in [5.74, 6) is 0.941. The van der Waals surface area contributed by atoms with Crippen LogP contribution in [0.15, 0.2) is 30.5 Å². The average molecular weight is 273 g/mol. The standard InChI is InChI=1S/C17H23NO2/c1-12(2)19-15-6-7-17-14(10-15)8-9-18(17)11-16-5-4-13(3)20-16/h6-10,12-13,16H,4-5,11H2,1-3H3. The van der Waals surface area contributed by atoms with Gasteiger partial charge in [-0.15, -0.1) is 0 Å². The summed E-state index contributed by atoms with van der Waals surface area (Å²) in [5, 5.41) is 1.23. The molecule has 0 bridgehead atoms. The Morgan fingerprint density at radius 3 is 2.85 bits per heavy atom. The zero-order valence-electron chi connectivity index (χ0n) is 12.5. The van der Waals surface area contributed by atoms with E-state index in [1.807, 2.05) is 13.8 Å². The van der Waals surface area contributed by atoms with Crippen molar-refractivity contribution in [2.75, 3.05) is 0 Å². The van der Waals surface area contributed by atoms with Crippen LogP contribution < -0.4 is 4.74 Å². The van der Waals surface area contributed by atoms with E-state index >= 15 is 0 Å². The van der Waals surface area contributed by atoms with Gasteiger partial charge in [-0.1, -0.05) is 0 Å². The van der Waals surface area contributed by atoms with Crippen LogP contribution in [-0.2, 0) is 11.3 Å². The maximum atomic E-state index is 5.91. The highest BCUT2D eigenvalue weighted by Crippen LogP contribution is 2.26. The number of ether oxygens (including phenoxy) is 2. The summed E-state index contributed by atoms with van der Waals surface area (Å²) in [6.45, 7) is 7.20. The Hall–Kier alpha value is -1.48. The SMILES string of the molecule is CC(C)Oc1ccc2c(ccn2CC2CCC(C)O2)c1. The molecule has 2 atom stereocenters. The molecular formula is C17H23NO2. The normalized spacial score (nSPS) is 22.8. The second-order valence-electron chi connectivity index (χ2n) is 6.00. The highest BCUT2D eigenvalue weighted by molar-refractivity contribution is 5.81. The van der Waals surface area contributed by atoms with Crippen LogP contribution in [0.5, 0.6) is 5.75 Å². The van der Waals surface area contributed by atoms with Crippen LogP contribution in [-0.4, -0.2) is 22.9 Å². The van der Waals surface area contributed by atoms with Gasteiger partial charge >= 0.3 is 0 Å². The summed E-state index contributed by atoms with van der Waals surface area (Å²) in [7, 11) is 0. The van der Waals surface area contributed by atoms with Crippen LogP contribution in [0.25, 0.3) is 10.9 Å². The molecule has 1 aliphatic heterocycles. The van der Waals surface area contributed by atoms with Crippen molar-refractivity contribution in [1.82, 2.24) is 4.57 Å². The molecule has 20 heavy (non-hydrogen) atoms. The third-order valence-corrected chi connectivity index (χ3v) is 3.83. The summed E-state index contributed by atoms with van der Waals surface area (Å²) >= 11 is 0. The van der Waals surface area contributed by atoms with Gasteiger partial charge in [0, 0.05) is 23.6 Å². The maximum Gasteiger partial charge on any atom is 0.120 e. The number of aromatic nitrogens is 1. The van der Waals surface area contributed by atoms with Crippen molar-refractivity contribution in [2.24, 2.45) is 0 Å². The van der Waals surface area contributed by atoms with E-state index in [9.17, 15) is 0 Å². The Balaban J connectivity index is 1.79. The molecule has 2 aromatic rings. The van der Waals surface area contributed by atoms with Crippen LogP contribution in [0.2, 0.25) is 0 Å². The first-order valence-corrected chi connectivity index (χ1v) is 7.53. The predicted molar refractivity (Wildman–Crippen MR) is 81.3 cm³/mol. The monoisotopic (exact) mass is 273 g/mol. The molecule has 1 aromatic carbocycles. The predicted octanol–water partition coefficient (Wildman–Crippen LogP) is 4.00. The molecule has 3 rings (SSSR count). The Morgan fingerprint density at radius 2 is 2.15 bits per heavy atom. The van der Waals surface area contributed by atoms with E-state index in [1.165, 1.54) is 17.3 Å². The zero-order chi connectivity index (χ0) is 14.1. The molecule has 1 aromatic heterocycles. The zero-order valence-corrected chi connectivity index (χ0v) is 12.5. The smallest absolute Gasteiger partial charge is 0.120 e. The Labute approximate surface area is 120 Å². The third-order valence-electron chi connectivity index (χ3n) is 3.83. The van der Waals surface area contributed by atoms with Gasteiger partial charge in [0.1, 0.15) is 5.75 Å². The lowest BCUT2D eigenvalue weighted by Crippen LogP contribution is -2.15. The van der Waals surface area contributed by atoms with E-state index in [4.69, 9.17) is 9.47 Å². The van der Waals surface area contributed by atoms with Crippen molar-refractivity contribution in [3.63, 3.8) is 0 Å². The maximum absolute atomic E-state index is 5.91. The van der Waals surface area contributed by atoms with Gasteiger partial charge in [0.25, 0.3) is 0 Å². The van der Waals surface area contributed by atoms with E-state index in [0.717, 1.165) is 18.7 Å². The lowest BCUT2D eigenvalue weighted by Gasteiger charge is -2.14. The van der Waals surface area contributed by atoms with E-state index < -0.39 is 0 Å². The molecule has 0 spiro atoms. The minimum atomic E-state index is 0.211. The van der Waals surface area contributed by atoms with E-state index in [0.29, 0.717) is 12.2 Å². The molecular weight excluding hydrogens is 250 g/mol. The van der Waals surface area contributed by atoms with Gasteiger partial charge in [0.2, 0.25) is 0 Å². The molecule has 3 heteroatoms. The second kappa shape index (κ2) is 5.49. The van der Waals surface area contributed by atoms with Gasteiger partial charge in [0.05, 0.1) is 18.3 Å². The quantitative estimate of drug-likeness (QED) is 0.840. The molecule has 0 radical (unpaired) electrons. The molecule has 1 fully saturated rings. The van der Waals surface area contributed by atoms with E-state index in [2.05, 4.69) is 42.0 Å². The molecule has 0 saturated carbocycles. The van der Waals surface area contributed by atoms with Crippen molar-refractivity contribution < 1.29 is 9.47 Å². The fourth-order valence-electron chi connectivity index (χ4n) is 2.92. The van der Waals surface area contributed by atoms with Crippen LogP contribution in [0.3, 0.4) is 0 Å². The Kier molecular flexibility index (Phi) is 3.70. The molecule has 2 unspecified atom stereocenters. The Morgan fingerprint density at radius 1 is 1.30 bits per heavy atom. The number of hydrogen-bond acceptors (Lipinski definition) is 2. The van der Waals surface area contributed by atoms with Gasteiger partial charge in [-0.2, -0.15) is 0 Å². The van der Waals surface area contributed by atoms with E-state index in [-0.39, 0.29) is 6.10 Å². The number of nitrogens with zero attached hydrogens (tertiary/aromatic N) is 1. The lowest BCUT2D eigenvalue weighted by molar-refractivity contribution is 0.0465. The van der Waals surface area contributed by atoms with Crippen molar-refractivity contribution in [3.05, 3.63) is 30.5 Å². The fraction of sp³-hybridized carbons (Fsp3) is 0.529. The number of fused-ring (bicyclic) bond motifs is 1. The summed E-state index contributed by atoms with van der Waals surface area (Å²) in [6, 6.07) is 8.47. The van der Waals surface area contributed by atoms with Crippen LogP contribution in [0.1, 0.15) is 33.6 Å². The topological polar surface area (TPSA) is 23.4 Å². The van der Waals surface area contributed by atoms with Crippen molar-refractivity contribution >= 4 is 10.9 Å². The summed E-state index contributed by atoms with van der Waals surface area (Å²) in [6.07, 6.45) is 5.46. The lowest BCUT2D eigenvalue weighted by atomic mass is 10.2. The van der Waals surface area contributed by atoms with Gasteiger partial charge in [-0.25, -0.2) is 0 Å². The second-order valence-corrected chi connectivity index (χ2v) is 6.00. The average Bonchev–Trinajstić information content (AvgIpc) is 2.96. The van der Waals surface area contributed by atoms with Crippen LogP contribution >= 0.6 is 0 Å². The van der Waals surface area contributed by atoms with Crippen molar-refractivity contribution in [3.8, 4) is 5.75 Å². The minimum absolute atomic E-state index is 0.211. The van der Waals surface area contributed by atoms with Gasteiger partial charge in [-0.3, -0.25) is 0 Å². The van der Waals surface area contributed by atoms with Gasteiger partial charge in [-0.05, 0) is 57.9 Å². The fourth-order valence-corrected chi connectivity index (χ4v) is 2.92. The first kappa shape index (κ1) is 13.5. The first-order valence-electron chi connectivity index (χ1n) is 7.53. The number of rotatable bonds is 4. The number of benzene rings is 1. The molecule has 0 amide bonds. The van der Waals surface area contributed by atoms with Gasteiger partial charge in [0.15, 0.2) is 0 Å². The minimum Gasteiger partial charge on any atom is -0.491 e. The summed E-state index contributed by atoms with van der Waals surface area (Å²) in [4.78, 5) is 0. The molecule has 0 aliphatic carbocycles. The van der Waals surface area contributed by atoms with E-state index in [1.54, 1.807) is 0 Å². The highest BCUT2D eigenvalue weighted by Gasteiger charge is 2.22. The molecule has 108 valence electrons. The Bertz CT molecular complexity index is 588. The first-order chi connectivity index (χ1) is 9.61. The summed E-state index contributed by atoms with van der Waals surface area (Å²) in [5.41, 5.74) is 1.25.